The molecule has 0 aliphatic carbocycles. The summed E-state index contributed by atoms with van der Waals surface area (Å²) in [4.78, 5) is 8.72. The monoisotopic (exact) mass is 354 g/mol. The third kappa shape index (κ3) is 4.08. The summed E-state index contributed by atoms with van der Waals surface area (Å²) in [6.07, 6.45) is 1.04. The minimum absolute atomic E-state index is 0.646. The molecule has 1 aromatic heterocycles. The number of aromatic nitrogens is 2. The van der Waals surface area contributed by atoms with Gasteiger partial charge in [-0.3, -0.25) is 0 Å². The second-order valence-corrected chi connectivity index (χ2v) is 5.68. The van der Waals surface area contributed by atoms with E-state index in [4.69, 9.17) is 11.6 Å². The van der Waals surface area contributed by atoms with Crippen molar-refractivity contribution in [1.29, 1.82) is 0 Å². The second kappa shape index (κ2) is 6.90. The molecular formula is C14H16BrClN4. The molecule has 4 nitrogen and oxygen atoms in total. The maximum atomic E-state index is 6.17. The molecule has 0 saturated heterocycles. The smallest absolute Gasteiger partial charge is 0.136 e. The fourth-order valence-corrected chi connectivity index (χ4v) is 2.23. The molecule has 0 fully saturated rings. The van der Waals surface area contributed by atoms with E-state index < -0.39 is 0 Å². The van der Waals surface area contributed by atoms with Crippen LogP contribution in [0.5, 0.6) is 0 Å². The highest BCUT2D eigenvalue weighted by atomic mass is 79.9. The molecule has 6 heteroatoms. The van der Waals surface area contributed by atoms with Crippen molar-refractivity contribution in [2.24, 2.45) is 0 Å². The Hall–Kier alpha value is -1.33. The number of hydrogen-bond donors (Lipinski definition) is 2. The van der Waals surface area contributed by atoms with Crippen molar-refractivity contribution >= 4 is 44.9 Å². The maximum absolute atomic E-state index is 6.17. The summed E-state index contributed by atoms with van der Waals surface area (Å²) < 4.78 is 0.958. The van der Waals surface area contributed by atoms with E-state index in [1.54, 1.807) is 0 Å². The van der Waals surface area contributed by atoms with E-state index in [0.717, 1.165) is 34.8 Å². The number of rotatable bonds is 5. The van der Waals surface area contributed by atoms with Gasteiger partial charge in [-0.05, 0) is 31.5 Å². The number of halogens is 2. The minimum Gasteiger partial charge on any atom is -0.370 e. The molecule has 2 aromatic rings. The zero-order valence-corrected chi connectivity index (χ0v) is 13.7. The highest BCUT2D eigenvalue weighted by molar-refractivity contribution is 9.10. The van der Waals surface area contributed by atoms with Crippen molar-refractivity contribution in [3.05, 3.63) is 39.6 Å². The first-order chi connectivity index (χ1) is 9.58. The summed E-state index contributed by atoms with van der Waals surface area (Å²) in [6.45, 7) is 4.86. The van der Waals surface area contributed by atoms with Crippen molar-refractivity contribution in [3.8, 4) is 0 Å². The molecule has 0 amide bonds. The van der Waals surface area contributed by atoms with Crippen molar-refractivity contribution in [3.63, 3.8) is 0 Å². The van der Waals surface area contributed by atoms with Gasteiger partial charge in [-0.15, -0.1) is 0 Å². The summed E-state index contributed by atoms with van der Waals surface area (Å²) in [5.41, 5.74) is 0.806. The zero-order chi connectivity index (χ0) is 14.5. The second-order valence-electron chi connectivity index (χ2n) is 4.36. The van der Waals surface area contributed by atoms with Gasteiger partial charge in [-0.2, -0.15) is 0 Å². The summed E-state index contributed by atoms with van der Waals surface area (Å²) in [5, 5.41) is 7.12. The molecule has 0 aliphatic rings. The maximum Gasteiger partial charge on any atom is 0.136 e. The molecule has 1 heterocycles. The van der Waals surface area contributed by atoms with Gasteiger partial charge in [-0.25, -0.2) is 9.97 Å². The molecular weight excluding hydrogens is 340 g/mol. The van der Waals surface area contributed by atoms with E-state index in [2.05, 4.69) is 43.5 Å². The molecule has 2 N–H and O–H groups in total. The average molecular weight is 356 g/mol. The summed E-state index contributed by atoms with van der Waals surface area (Å²) >= 11 is 9.60. The standard InChI is InChI=1S/C14H16BrClN4/c1-3-6-17-13-8-14(19-9(2)18-13)20-12-7-10(15)4-5-11(12)16/h4-5,7-8H,3,6H2,1-2H3,(H2,17,18,19,20). The van der Waals surface area contributed by atoms with Gasteiger partial charge in [0.05, 0.1) is 10.7 Å². The van der Waals surface area contributed by atoms with E-state index in [0.29, 0.717) is 10.8 Å². The van der Waals surface area contributed by atoms with Crippen LogP contribution in [0.2, 0.25) is 5.02 Å². The van der Waals surface area contributed by atoms with Crippen LogP contribution in [0.1, 0.15) is 19.2 Å². The van der Waals surface area contributed by atoms with E-state index in [1.807, 2.05) is 31.2 Å². The quantitative estimate of drug-likeness (QED) is 0.811. The Kier molecular flexibility index (Phi) is 5.20. The van der Waals surface area contributed by atoms with Crippen LogP contribution in [-0.2, 0) is 0 Å². The molecule has 0 spiro atoms. The van der Waals surface area contributed by atoms with Crippen molar-refractivity contribution in [2.45, 2.75) is 20.3 Å². The van der Waals surface area contributed by atoms with E-state index in [-0.39, 0.29) is 0 Å². The number of anilines is 3. The van der Waals surface area contributed by atoms with Crippen LogP contribution < -0.4 is 10.6 Å². The van der Waals surface area contributed by atoms with E-state index in [9.17, 15) is 0 Å². The largest absolute Gasteiger partial charge is 0.370 e. The molecule has 20 heavy (non-hydrogen) atoms. The molecule has 106 valence electrons. The van der Waals surface area contributed by atoms with Crippen LogP contribution in [0.25, 0.3) is 0 Å². The fraction of sp³-hybridized carbons (Fsp3) is 0.286. The van der Waals surface area contributed by atoms with Crippen LogP contribution in [-0.4, -0.2) is 16.5 Å². The van der Waals surface area contributed by atoms with Crippen LogP contribution >= 0.6 is 27.5 Å². The molecule has 0 radical (unpaired) electrons. The molecule has 0 atom stereocenters. The van der Waals surface area contributed by atoms with Gasteiger partial charge in [0.25, 0.3) is 0 Å². The lowest BCUT2D eigenvalue weighted by Crippen LogP contribution is -2.05. The normalized spacial score (nSPS) is 10.4. The lowest BCUT2D eigenvalue weighted by molar-refractivity contribution is 0.955. The predicted octanol–water partition coefficient (Wildman–Crippen LogP) is 4.77. The third-order valence-electron chi connectivity index (χ3n) is 2.59. The molecule has 0 aliphatic heterocycles. The first kappa shape index (κ1) is 15.1. The zero-order valence-electron chi connectivity index (χ0n) is 11.4. The number of nitrogens with zero attached hydrogens (tertiary/aromatic N) is 2. The Morgan fingerprint density at radius 3 is 2.70 bits per heavy atom. The van der Waals surface area contributed by atoms with Gasteiger partial charge in [0.15, 0.2) is 0 Å². The van der Waals surface area contributed by atoms with Crippen LogP contribution in [0, 0.1) is 6.92 Å². The predicted molar refractivity (Wildman–Crippen MR) is 88.0 cm³/mol. The molecule has 0 saturated carbocycles. The van der Waals surface area contributed by atoms with E-state index >= 15 is 0 Å². The van der Waals surface area contributed by atoms with Crippen molar-refractivity contribution in [1.82, 2.24) is 9.97 Å². The average Bonchev–Trinajstić information content (AvgIpc) is 2.40. The van der Waals surface area contributed by atoms with Gasteiger partial charge in [0, 0.05) is 17.1 Å². The van der Waals surface area contributed by atoms with Gasteiger partial charge in [-0.1, -0.05) is 34.5 Å². The fourth-order valence-electron chi connectivity index (χ4n) is 1.71. The summed E-state index contributed by atoms with van der Waals surface area (Å²) in [5.74, 6) is 2.24. The van der Waals surface area contributed by atoms with Crippen LogP contribution in [0.3, 0.4) is 0 Å². The first-order valence-corrected chi connectivity index (χ1v) is 7.57. The van der Waals surface area contributed by atoms with Gasteiger partial charge in [0.1, 0.15) is 17.5 Å². The molecule has 0 unspecified atom stereocenters. The molecule has 1 aromatic carbocycles. The van der Waals surface area contributed by atoms with E-state index in [1.165, 1.54) is 0 Å². The van der Waals surface area contributed by atoms with Gasteiger partial charge < -0.3 is 10.6 Å². The Morgan fingerprint density at radius 2 is 1.95 bits per heavy atom. The Labute approximate surface area is 132 Å². The number of hydrogen-bond acceptors (Lipinski definition) is 4. The van der Waals surface area contributed by atoms with Crippen molar-refractivity contribution in [2.75, 3.05) is 17.2 Å². The highest BCUT2D eigenvalue weighted by Gasteiger charge is 2.05. The number of aryl methyl sites for hydroxylation is 1. The Morgan fingerprint density at radius 1 is 1.20 bits per heavy atom. The van der Waals surface area contributed by atoms with Crippen LogP contribution in [0.4, 0.5) is 17.3 Å². The Balaban J connectivity index is 2.24. The Bertz CT molecular complexity index is 604. The SMILES string of the molecule is CCCNc1cc(Nc2cc(Br)ccc2Cl)nc(C)n1. The van der Waals surface area contributed by atoms with Gasteiger partial charge >= 0.3 is 0 Å². The molecule has 0 bridgehead atoms. The number of benzene rings is 1. The summed E-state index contributed by atoms with van der Waals surface area (Å²) in [7, 11) is 0. The highest BCUT2D eigenvalue weighted by Crippen LogP contribution is 2.28. The third-order valence-corrected chi connectivity index (χ3v) is 3.41. The lowest BCUT2D eigenvalue weighted by atomic mass is 10.3. The first-order valence-electron chi connectivity index (χ1n) is 6.40. The lowest BCUT2D eigenvalue weighted by Gasteiger charge is -2.11. The van der Waals surface area contributed by atoms with Crippen molar-refractivity contribution < 1.29 is 0 Å². The number of nitrogens with one attached hydrogen (secondary N) is 2. The summed E-state index contributed by atoms with van der Waals surface area (Å²) in [6, 6.07) is 7.52. The minimum atomic E-state index is 0.646. The topological polar surface area (TPSA) is 49.8 Å². The van der Waals surface area contributed by atoms with Gasteiger partial charge in [0.2, 0.25) is 0 Å². The van der Waals surface area contributed by atoms with Crippen LogP contribution in [0.15, 0.2) is 28.7 Å². The molecule has 2 rings (SSSR count).